The average Bonchev–Trinajstić information content (AvgIpc) is 2.64. The van der Waals surface area contributed by atoms with Crippen molar-refractivity contribution < 1.29 is 9.53 Å². The van der Waals surface area contributed by atoms with Crippen LogP contribution in [0, 0.1) is 0 Å². The third-order valence-corrected chi connectivity index (χ3v) is 4.33. The molecular weight excluding hydrogens is 246 g/mol. The number of carbonyl (C=O) groups is 1. The summed E-state index contributed by atoms with van der Waals surface area (Å²) in [7, 11) is 0. The normalized spacial score (nSPS) is 14.4. The van der Waals surface area contributed by atoms with Gasteiger partial charge < -0.3 is 10.5 Å². The molecular formula is C9H15N3O2S2. The number of carbonyl (C=O) groups excluding carboxylic acids is 1. The predicted octanol–water partition coefficient (Wildman–Crippen LogP) is 1.94. The van der Waals surface area contributed by atoms with Gasteiger partial charge in [-0.05, 0) is 20.3 Å². The van der Waals surface area contributed by atoms with Crippen molar-refractivity contribution in [3.8, 4) is 0 Å². The maximum absolute atomic E-state index is 11.8. The van der Waals surface area contributed by atoms with E-state index < -0.39 is 4.75 Å². The van der Waals surface area contributed by atoms with Crippen LogP contribution in [-0.2, 0) is 9.53 Å². The maximum atomic E-state index is 11.8. The zero-order valence-electron chi connectivity index (χ0n) is 9.52. The molecule has 0 spiro atoms. The van der Waals surface area contributed by atoms with Crippen LogP contribution in [-0.4, -0.2) is 27.5 Å². The summed E-state index contributed by atoms with van der Waals surface area (Å²) >= 11 is 2.63. The van der Waals surface area contributed by atoms with E-state index in [0.29, 0.717) is 22.5 Å². The second kappa shape index (κ2) is 5.49. The van der Waals surface area contributed by atoms with Gasteiger partial charge in [0, 0.05) is 0 Å². The lowest BCUT2D eigenvalue weighted by atomic mass is 10.1. The number of anilines is 1. The van der Waals surface area contributed by atoms with E-state index in [0.717, 1.165) is 0 Å². The molecule has 0 aliphatic heterocycles. The third kappa shape index (κ3) is 3.08. The SMILES string of the molecule is CCOC(=O)C(C)(CC)Sc1nnc(N)s1. The van der Waals surface area contributed by atoms with E-state index in [2.05, 4.69) is 10.2 Å². The molecule has 0 fully saturated rings. The van der Waals surface area contributed by atoms with Gasteiger partial charge in [-0.15, -0.1) is 10.2 Å². The zero-order chi connectivity index (χ0) is 12.2. The first-order chi connectivity index (χ1) is 7.51. The van der Waals surface area contributed by atoms with Gasteiger partial charge in [-0.25, -0.2) is 0 Å². The molecule has 0 bridgehead atoms. The van der Waals surface area contributed by atoms with Crippen LogP contribution in [0.1, 0.15) is 27.2 Å². The summed E-state index contributed by atoms with van der Waals surface area (Å²) in [6.07, 6.45) is 0.663. The molecule has 0 radical (unpaired) electrons. The molecule has 16 heavy (non-hydrogen) atoms. The highest BCUT2D eigenvalue weighted by atomic mass is 32.2. The molecule has 1 aromatic rings. The van der Waals surface area contributed by atoms with Crippen LogP contribution in [0.5, 0.6) is 0 Å². The molecule has 1 rings (SSSR count). The van der Waals surface area contributed by atoms with E-state index in [1.54, 1.807) is 6.92 Å². The first-order valence-electron chi connectivity index (χ1n) is 4.97. The first-order valence-corrected chi connectivity index (χ1v) is 6.60. The summed E-state index contributed by atoms with van der Waals surface area (Å²) in [6, 6.07) is 0. The van der Waals surface area contributed by atoms with Crippen molar-refractivity contribution in [3.63, 3.8) is 0 Å². The van der Waals surface area contributed by atoms with Crippen molar-refractivity contribution in [2.75, 3.05) is 12.3 Å². The highest BCUT2D eigenvalue weighted by Crippen LogP contribution is 2.38. The average molecular weight is 261 g/mol. The van der Waals surface area contributed by atoms with Gasteiger partial charge in [0.1, 0.15) is 4.75 Å². The molecule has 0 aromatic carbocycles. The topological polar surface area (TPSA) is 78.1 Å². The van der Waals surface area contributed by atoms with Crippen LogP contribution >= 0.6 is 23.1 Å². The zero-order valence-corrected chi connectivity index (χ0v) is 11.2. The van der Waals surface area contributed by atoms with E-state index >= 15 is 0 Å². The van der Waals surface area contributed by atoms with E-state index in [9.17, 15) is 4.79 Å². The van der Waals surface area contributed by atoms with Crippen LogP contribution < -0.4 is 5.73 Å². The Labute approximate surface area is 103 Å². The molecule has 1 aromatic heterocycles. The Kier molecular flexibility index (Phi) is 4.55. The number of thioether (sulfide) groups is 1. The molecule has 0 saturated heterocycles. The highest BCUT2D eigenvalue weighted by molar-refractivity contribution is 8.03. The number of nitrogens with zero attached hydrogens (tertiary/aromatic N) is 2. The Morgan fingerprint density at radius 3 is 2.69 bits per heavy atom. The standard InChI is InChI=1S/C9H15N3O2S2/c1-4-9(3,6(13)14-5-2)16-8-12-11-7(10)15-8/h4-5H2,1-3H3,(H2,10,11). The largest absolute Gasteiger partial charge is 0.465 e. The number of rotatable bonds is 5. The number of hydrogen-bond acceptors (Lipinski definition) is 7. The second-order valence-electron chi connectivity index (χ2n) is 3.31. The van der Waals surface area contributed by atoms with Crippen LogP contribution in [0.2, 0.25) is 0 Å². The summed E-state index contributed by atoms with van der Waals surface area (Å²) in [6.45, 7) is 5.95. The van der Waals surface area contributed by atoms with Crippen molar-refractivity contribution in [1.82, 2.24) is 10.2 Å². The van der Waals surface area contributed by atoms with Crippen molar-refractivity contribution in [2.45, 2.75) is 36.3 Å². The molecule has 0 aliphatic rings. The van der Waals surface area contributed by atoms with Gasteiger partial charge in [0.05, 0.1) is 6.61 Å². The Hall–Kier alpha value is -0.820. The number of nitrogen functional groups attached to an aromatic ring is 1. The quantitative estimate of drug-likeness (QED) is 0.644. The highest BCUT2D eigenvalue weighted by Gasteiger charge is 2.35. The lowest BCUT2D eigenvalue weighted by Crippen LogP contribution is -2.32. The fourth-order valence-corrected chi connectivity index (χ4v) is 3.07. The van der Waals surface area contributed by atoms with Gasteiger partial charge in [-0.3, -0.25) is 4.79 Å². The van der Waals surface area contributed by atoms with E-state index in [-0.39, 0.29) is 5.97 Å². The van der Waals surface area contributed by atoms with Crippen LogP contribution in [0.4, 0.5) is 5.13 Å². The van der Waals surface area contributed by atoms with Gasteiger partial charge in [0.15, 0.2) is 4.34 Å². The smallest absolute Gasteiger partial charge is 0.322 e. The van der Waals surface area contributed by atoms with Crippen molar-refractivity contribution in [1.29, 1.82) is 0 Å². The molecule has 7 heteroatoms. The van der Waals surface area contributed by atoms with Gasteiger partial charge in [-0.1, -0.05) is 30.0 Å². The van der Waals surface area contributed by atoms with Crippen molar-refractivity contribution >= 4 is 34.2 Å². The number of esters is 1. The van der Waals surface area contributed by atoms with Crippen LogP contribution in [0.15, 0.2) is 4.34 Å². The van der Waals surface area contributed by atoms with Crippen LogP contribution in [0.25, 0.3) is 0 Å². The first kappa shape index (κ1) is 13.2. The lowest BCUT2D eigenvalue weighted by Gasteiger charge is -2.23. The lowest BCUT2D eigenvalue weighted by molar-refractivity contribution is -0.145. The van der Waals surface area contributed by atoms with Crippen molar-refractivity contribution in [3.05, 3.63) is 0 Å². The molecule has 2 N–H and O–H groups in total. The Morgan fingerprint density at radius 1 is 1.56 bits per heavy atom. The second-order valence-corrected chi connectivity index (χ2v) is 6.07. The summed E-state index contributed by atoms with van der Waals surface area (Å²) < 4.78 is 5.11. The van der Waals surface area contributed by atoms with Crippen molar-refractivity contribution in [2.24, 2.45) is 0 Å². The van der Waals surface area contributed by atoms with Crippen LogP contribution in [0.3, 0.4) is 0 Å². The minimum absolute atomic E-state index is 0.226. The molecule has 90 valence electrons. The van der Waals surface area contributed by atoms with Gasteiger partial charge in [-0.2, -0.15) is 0 Å². The Bertz CT molecular complexity index is 369. The molecule has 1 unspecified atom stereocenters. The van der Waals surface area contributed by atoms with E-state index in [1.165, 1.54) is 23.1 Å². The minimum Gasteiger partial charge on any atom is -0.465 e. The monoisotopic (exact) mass is 261 g/mol. The molecule has 0 amide bonds. The van der Waals surface area contributed by atoms with E-state index in [1.807, 2.05) is 13.8 Å². The number of hydrogen-bond donors (Lipinski definition) is 1. The molecule has 1 heterocycles. The van der Waals surface area contributed by atoms with E-state index in [4.69, 9.17) is 10.5 Å². The summed E-state index contributed by atoms with van der Waals surface area (Å²) in [5.74, 6) is -0.226. The summed E-state index contributed by atoms with van der Waals surface area (Å²) in [5, 5.41) is 8.01. The Balaban J connectivity index is 2.77. The van der Waals surface area contributed by atoms with Gasteiger partial charge in [0.25, 0.3) is 0 Å². The third-order valence-electron chi connectivity index (χ3n) is 2.12. The molecule has 1 atom stereocenters. The maximum Gasteiger partial charge on any atom is 0.322 e. The van der Waals surface area contributed by atoms with Gasteiger partial charge in [0.2, 0.25) is 5.13 Å². The molecule has 0 saturated carbocycles. The number of nitrogens with two attached hydrogens (primary N) is 1. The number of aromatic nitrogens is 2. The Morgan fingerprint density at radius 2 is 2.25 bits per heavy atom. The minimum atomic E-state index is -0.623. The fourth-order valence-electron chi connectivity index (χ4n) is 0.996. The summed E-state index contributed by atoms with van der Waals surface area (Å²) in [4.78, 5) is 11.8. The predicted molar refractivity (Wildman–Crippen MR) is 65.5 cm³/mol. The molecule has 0 aliphatic carbocycles. The summed E-state index contributed by atoms with van der Waals surface area (Å²) in [5.41, 5.74) is 5.49. The fraction of sp³-hybridized carbons (Fsp3) is 0.667. The van der Waals surface area contributed by atoms with Gasteiger partial charge >= 0.3 is 5.97 Å². The number of ether oxygens (including phenoxy) is 1. The molecule has 5 nitrogen and oxygen atoms in total.